The molecule has 3 rings (SSSR count). The molecule has 2 amide bonds. The van der Waals surface area contributed by atoms with E-state index in [4.69, 9.17) is 25.8 Å². The molecule has 3 aromatic carbocycles. The molecule has 45 heavy (non-hydrogen) atoms. The maximum Gasteiger partial charge on any atom is 0.422 e. The number of halogens is 2. The third kappa shape index (κ3) is 9.75. The number of anilines is 2. The van der Waals surface area contributed by atoms with Gasteiger partial charge in [-0.15, -0.1) is 0 Å². The third-order valence-corrected chi connectivity index (χ3v) is 6.66. The maximum atomic E-state index is 14.0. The zero-order valence-electron chi connectivity index (χ0n) is 25.9. The number of aliphatic hydroxyl groups is 1. The SMILES string of the molecule is Cc1ccccc1C(=O)c1ccc(N(C(=O)OC(C)OC(=O)C[C@H](CO)NC(=O)OC(C)(C)C)c2ccc(F)cc2C)cc1Cl. The van der Waals surface area contributed by atoms with Crippen molar-refractivity contribution in [3.63, 3.8) is 0 Å². The first-order valence-electron chi connectivity index (χ1n) is 14.1. The quantitative estimate of drug-likeness (QED) is 0.141. The van der Waals surface area contributed by atoms with Gasteiger partial charge in [-0.05, 0) is 82.1 Å². The van der Waals surface area contributed by atoms with E-state index in [1.807, 2.05) is 6.07 Å². The van der Waals surface area contributed by atoms with Gasteiger partial charge >= 0.3 is 18.2 Å². The first kappa shape index (κ1) is 35.0. The fraction of sp³-hybridized carbons (Fsp3) is 0.333. The van der Waals surface area contributed by atoms with Crippen LogP contribution in [-0.2, 0) is 19.0 Å². The molecular weight excluding hydrogens is 607 g/mol. The predicted octanol–water partition coefficient (Wildman–Crippen LogP) is 6.77. The van der Waals surface area contributed by atoms with Gasteiger partial charge in [0, 0.05) is 18.1 Å². The van der Waals surface area contributed by atoms with Crippen LogP contribution < -0.4 is 10.2 Å². The number of aliphatic hydroxyl groups excluding tert-OH is 1. The lowest BCUT2D eigenvalue weighted by atomic mass is 9.99. The Bertz CT molecular complexity index is 1570. The molecule has 0 spiro atoms. The van der Waals surface area contributed by atoms with Crippen LogP contribution in [0.2, 0.25) is 5.02 Å². The normalized spacial score (nSPS) is 12.5. The molecule has 240 valence electrons. The summed E-state index contributed by atoms with van der Waals surface area (Å²) in [6, 6.07) is 14.2. The molecule has 2 atom stereocenters. The molecule has 0 radical (unpaired) electrons. The molecule has 0 aromatic heterocycles. The van der Waals surface area contributed by atoms with Gasteiger partial charge in [-0.1, -0.05) is 35.9 Å². The number of hydrogen-bond acceptors (Lipinski definition) is 8. The second-order valence-corrected chi connectivity index (χ2v) is 11.7. The molecule has 12 heteroatoms. The van der Waals surface area contributed by atoms with Crippen LogP contribution in [0.25, 0.3) is 0 Å². The van der Waals surface area contributed by atoms with E-state index >= 15 is 0 Å². The molecule has 0 saturated carbocycles. The van der Waals surface area contributed by atoms with Crippen LogP contribution in [0.1, 0.15) is 61.2 Å². The highest BCUT2D eigenvalue weighted by Crippen LogP contribution is 2.34. The van der Waals surface area contributed by atoms with E-state index < -0.39 is 54.9 Å². The lowest BCUT2D eigenvalue weighted by Gasteiger charge is -2.26. The largest absolute Gasteiger partial charge is 0.444 e. The number of ether oxygens (including phenoxy) is 3. The number of nitrogens with zero attached hydrogens (tertiary/aromatic N) is 1. The molecule has 1 unspecified atom stereocenters. The lowest BCUT2D eigenvalue weighted by Crippen LogP contribution is -2.42. The van der Waals surface area contributed by atoms with E-state index in [0.717, 1.165) is 16.5 Å². The van der Waals surface area contributed by atoms with Gasteiger partial charge in [-0.2, -0.15) is 0 Å². The van der Waals surface area contributed by atoms with Gasteiger partial charge in [0.2, 0.25) is 6.29 Å². The van der Waals surface area contributed by atoms with Crippen LogP contribution in [0.5, 0.6) is 0 Å². The van der Waals surface area contributed by atoms with E-state index in [2.05, 4.69) is 5.32 Å². The highest BCUT2D eigenvalue weighted by Gasteiger charge is 2.28. The van der Waals surface area contributed by atoms with E-state index in [1.54, 1.807) is 52.8 Å². The summed E-state index contributed by atoms with van der Waals surface area (Å²) >= 11 is 6.55. The first-order chi connectivity index (χ1) is 21.1. The first-order valence-corrected chi connectivity index (χ1v) is 14.4. The zero-order chi connectivity index (χ0) is 33.5. The van der Waals surface area contributed by atoms with E-state index in [1.165, 1.54) is 37.3 Å². The number of benzene rings is 3. The van der Waals surface area contributed by atoms with Crippen molar-refractivity contribution in [1.82, 2.24) is 5.32 Å². The van der Waals surface area contributed by atoms with Crippen molar-refractivity contribution in [2.75, 3.05) is 11.5 Å². The average molecular weight is 643 g/mol. The number of esters is 1. The Morgan fingerprint density at radius 3 is 2.24 bits per heavy atom. The summed E-state index contributed by atoms with van der Waals surface area (Å²) in [6.45, 7) is 9.10. The molecular formula is C33H36ClFN2O8. The molecule has 0 fully saturated rings. The standard InChI is InChI=1S/C33H36ClFN2O8/c1-19-9-7-8-10-25(19)30(40)26-13-12-24(17-27(26)34)37(28-14-11-22(35)15-20(28)2)32(42)44-21(3)43-29(39)16-23(18-38)36-31(41)45-33(4,5)6/h7-15,17,21,23,38H,16,18H2,1-6H3,(H,36,41)/t21?,23-/m1/s1. The number of alkyl carbamates (subject to hydrolysis) is 1. The molecule has 0 bridgehead atoms. The number of rotatable bonds is 10. The fourth-order valence-electron chi connectivity index (χ4n) is 4.30. The van der Waals surface area contributed by atoms with Gasteiger partial charge in [-0.25, -0.2) is 18.9 Å². The molecule has 0 heterocycles. The molecule has 0 aliphatic heterocycles. The van der Waals surface area contributed by atoms with Crippen LogP contribution in [0, 0.1) is 19.7 Å². The van der Waals surface area contributed by atoms with Crippen LogP contribution in [0.4, 0.5) is 25.4 Å². The average Bonchev–Trinajstić information content (AvgIpc) is 2.92. The molecule has 0 aliphatic carbocycles. The third-order valence-electron chi connectivity index (χ3n) is 6.35. The number of carbonyl (C=O) groups excluding carboxylic acids is 4. The van der Waals surface area contributed by atoms with E-state index in [-0.39, 0.29) is 27.7 Å². The Hall–Kier alpha value is -4.48. The Morgan fingerprint density at radius 2 is 1.64 bits per heavy atom. The summed E-state index contributed by atoms with van der Waals surface area (Å²) < 4.78 is 29.7. The summed E-state index contributed by atoms with van der Waals surface area (Å²) in [5.41, 5.74) is 1.48. The van der Waals surface area contributed by atoms with Crippen molar-refractivity contribution in [2.24, 2.45) is 0 Å². The van der Waals surface area contributed by atoms with Gasteiger partial charge < -0.3 is 24.6 Å². The van der Waals surface area contributed by atoms with Crippen molar-refractivity contribution in [3.8, 4) is 0 Å². The smallest absolute Gasteiger partial charge is 0.422 e. The van der Waals surface area contributed by atoms with Crippen molar-refractivity contribution < 1.29 is 42.9 Å². The number of carbonyl (C=O) groups is 4. The number of hydrogen-bond donors (Lipinski definition) is 2. The minimum atomic E-state index is -1.41. The van der Waals surface area contributed by atoms with Crippen LogP contribution in [-0.4, -0.2) is 53.6 Å². The minimum absolute atomic E-state index is 0.0605. The minimum Gasteiger partial charge on any atom is -0.444 e. The molecule has 2 N–H and O–H groups in total. The highest BCUT2D eigenvalue weighted by atomic mass is 35.5. The van der Waals surface area contributed by atoms with Crippen LogP contribution in [0.3, 0.4) is 0 Å². The van der Waals surface area contributed by atoms with E-state index in [9.17, 15) is 28.7 Å². The second-order valence-electron chi connectivity index (χ2n) is 11.2. The summed E-state index contributed by atoms with van der Waals surface area (Å²) in [5.74, 6) is -1.71. The van der Waals surface area contributed by atoms with Gasteiger partial charge in [0.1, 0.15) is 11.4 Å². The van der Waals surface area contributed by atoms with Crippen molar-refractivity contribution >= 4 is 46.9 Å². The Morgan fingerprint density at radius 1 is 0.956 bits per heavy atom. The highest BCUT2D eigenvalue weighted by molar-refractivity contribution is 6.35. The molecule has 0 saturated heterocycles. The summed E-state index contributed by atoms with van der Waals surface area (Å²) in [6.07, 6.45) is -3.68. The van der Waals surface area contributed by atoms with Gasteiger partial charge in [-0.3, -0.25) is 9.59 Å². The van der Waals surface area contributed by atoms with Gasteiger partial charge in [0.25, 0.3) is 0 Å². The Labute approximate surface area is 266 Å². The number of aryl methyl sites for hydroxylation is 2. The van der Waals surface area contributed by atoms with Gasteiger partial charge in [0.15, 0.2) is 5.78 Å². The van der Waals surface area contributed by atoms with Crippen molar-refractivity contribution in [2.45, 2.75) is 65.9 Å². The van der Waals surface area contributed by atoms with Crippen molar-refractivity contribution in [1.29, 1.82) is 0 Å². The Balaban J connectivity index is 1.81. The van der Waals surface area contributed by atoms with Crippen LogP contribution in [0.15, 0.2) is 60.7 Å². The summed E-state index contributed by atoms with van der Waals surface area (Å²) in [5, 5.41) is 12.0. The van der Waals surface area contributed by atoms with Gasteiger partial charge in [0.05, 0.1) is 35.5 Å². The molecule has 0 aliphatic rings. The number of ketones is 1. The van der Waals surface area contributed by atoms with E-state index in [0.29, 0.717) is 11.1 Å². The predicted molar refractivity (Wildman–Crippen MR) is 166 cm³/mol. The number of nitrogens with one attached hydrogen (secondary N) is 1. The Kier molecular flexibility index (Phi) is 11.7. The maximum absolute atomic E-state index is 14.0. The van der Waals surface area contributed by atoms with Crippen molar-refractivity contribution in [3.05, 3.63) is 93.8 Å². The zero-order valence-corrected chi connectivity index (χ0v) is 26.6. The molecule has 3 aromatic rings. The fourth-order valence-corrected chi connectivity index (χ4v) is 4.56. The molecule has 10 nitrogen and oxygen atoms in total. The van der Waals surface area contributed by atoms with Crippen LogP contribution >= 0.6 is 11.6 Å². The summed E-state index contributed by atoms with van der Waals surface area (Å²) in [4.78, 5) is 52.4. The lowest BCUT2D eigenvalue weighted by molar-refractivity contribution is -0.165. The second kappa shape index (κ2) is 15.0. The monoisotopic (exact) mass is 642 g/mol. The number of amides is 2. The topological polar surface area (TPSA) is 131 Å². The summed E-state index contributed by atoms with van der Waals surface area (Å²) in [7, 11) is 0.